The van der Waals surface area contributed by atoms with Crippen molar-refractivity contribution in [2.45, 2.75) is 76.6 Å². The number of aliphatic hydroxyl groups excluding tert-OH is 1. The maximum absolute atomic E-state index is 14.1. The number of nitrogens with zero attached hydrogens (tertiary/aromatic N) is 4. The fourth-order valence-electron chi connectivity index (χ4n) is 5.45. The highest BCUT2D eigenvalue weighted by atomic mass is 16.3. The average molecular weight is 532 g/mol. The lowest BCUT2D eigenvalue weighted by atomic mass is 9.85. The molecule has 39 heavy (non-hydrogen) atoms. The number of aliphatic hydroxyl groups is 1. The fraction of sp³-hybridized carbons (Fsp3) is 0.467. The SMILES string of the molecule is CC(C)(C)[C@@H](C(=O)N1CC(O)CC1C(=O)NC(Cc1cccc(O)c1)c1ccccc1)n1cc(C2CC2)nn1. The number of phenolic OH excluding ortho intramolecular Hbond substituents is 1. The van der Waals surface area contributed by atoms with Crippen LogP contribution >= 0.6 is 0 Å². The van der Waals surface area contributed by atoms with Crippen LogP contribution in [0.2, 0.25) is 0 Å². The summed E-state index contributed by atoms with van der Waals surface area (Å²) in [6.07, 6.45) is 3.84. The molecular formula is C30H37N5O4. The first-order valence-electron chi connectivity index (χ1n) is 13.6. The van der Waals surface area contributed by atoms with Gasteiger partial charge in [0.15, 0.2) is 0 Å². The summed E-state index contributed by atoms with van der Waals surface area (Å²) >= 11 is 0. The molecule has 9 nitrogen and oxygen atoms in total. The van der Waals surface area contributed by atoms with Crippen LogP contribution in [-0.2, 0) is 16.0 Å². The van der Waals surface area contributed by atoms with Crippen LogP contribution in [0, 0.1) is 5.41 Å². The Kier molecular flexibility index (Phi) is 7.44. The molecule has 9 heteroatoms. The summed E-state index contributed by atoms with van der Waals surface area (Å²) in [5.41, 5.74) is 2.18. The normalized spacial score (nSPS) is 21.0. The molecule has 3 N–H and O–H groups in total. The number of likely N-dealkylation sites (tertiary alicyclic amines) is 1. The van der Waals surface area contributed by atoms with Crippen LogP contribution in [-0.4, -0.2) is 60.6 Å². The van der Waals surface area contributed by atoms with Crippen LogP contribution in [0.15, 0.2) is 60.8 Å². The predicted molar refractivity (Wildman–Crippen MR) is 146 cm³/mol. The second kappa shape index (κ2) is 10.8. The van der Waals surface area contributed by atoms with Crippen molar-refractivity contribution in [1.82, 2.24) is 25.2 Å². The minimum Gasteiger partial charge on any atom is -0.508 e. The molecule has 0 bridgehead atoms. The Bertz CT molecular complexity index is 1310. The Morgan fingerprint density at radius 1 is 1.10 bits per heavy atom. The van der Waals surface area contributed by atoms with Crippen molar-refractivity contribution in [3.63, 3.8) is 0 Å². The van der Waals surface area contributed by atoms with E-state index in [9.17, 15) is 19.8 Å². The van der Waals surface area contributed by atoms with Gasteiger partial charge in [-0.2, -0.15) is 0 Å². The van der Waals surface area contributed by atoms with Gasteiger partial charge < -0.3 is 20.4 Å². The number of aromatic nitrogens is 3. The third-order valence-corrected chi connectivity index (χ3v) is 7.58. The smallest absolute Gasteiger partial charge is 0.248 e. The summed E-state index contributed by atoms with van der Waals surface area (Å²) in [6, 6.07) is 14.7. The molecule has 4 atom stereocenters. The topological polar surface area (TPSA) is 121 Å². The summed E-state index contributed by atoms with van der Waals surface area (Å²) in [5, 5.41) is 32.3. The van der Waals surface area contributed by atoms with Gasteiger partial charge >= 0.3 is 0 Å². The molecule has 1 aliphatic carbocycles. The van der Waals surface area contributed by atoms with E-state index < -0.39 is 23.6 Å². The molecule has 206 valence electrons. The van der Waals surface area contributed by atoms with E-state index in [1.165, 1.54) is 4.90 Å². The average Bonchev–Trinajstić information content (AvgIpc) is 3.50. The second-order valence-corrected chi connectivity index (χ2v) is 11.9. The van der Waals surface area contributed by atoms with Gasteiger partial charge in [0, 0.05) is 25.1 Å². The molecule has 2 heterocycles. The van der Waals surface area contributed by atoms with E-state index in [4.69, 9.17) is 0 Å². The Labute approximate surface area is 228 Å². The van der Waals surface area contributed by atoms with Gasteiger partial charge in [-0.25, -0.2) is 4.68 Å². The van der Waals surface area contributed by atoms with Crippen LogP contribution in [0.5, 0.6) is 5.75 Å². The fourth-order valence-corrected chi connectivity index (χ4v) is 5.45. The Balaban J connectivity index is 1.39. The van der Waals surface area contributed by atoms with Gasteiger partial charge in [0.1, 0.15) is 17.8 Å². The van der Waals surface area contributed by atoms with Gasteiger partial charge in [0.25, 0.3) is 0 Å². The van der Waals surface area contributed by atoms with Crippen molar-refractivity contribution in [2.75, 3.05) is 6.54 Å². The number of aromatic hydroxyl groups is 1. The summed E-state index contributed by atoms with van der Waals surface area (Å²) in [5.74, 6) is -0.00920. The van der Waals surface area contributed by atoms with E-state index in [0.29, 0.717) is 12.3 Å². The van der Waals surface area contributed by atoms with Crippen LogP contribution in [0.25, 0.3) is 0 Å². The lowest BCUT2D eigenvalue weighted by Crippen LogP contribution is -2.51. The highest BCUT2D eigenvalue weighted by Crippen LogP contribution is 2.40. The Hall–Kier alpha value is -3.72. The number of carbonyl (C=O) groups excluding carboxylic acids is 2. The van der Waals surface area contributed by atoms with E-state index in [2.05, 4.69) is 15.6 Å². The maximum atomic E-state index is 14.1. The van der Waals surface area contributed by atoms with Crippen LogP contribution in [0.3, 0.4) is 0 Å². The van der Waals surface area contributed by atoms with E-state index in [1.807, 2.05) is 63.4 Å². The van der Waals surface area contributed by atoms with Gasteiger partial charge in [0.2, 0.25) is 11.8 Å². The molecule has 3 unspecified atom stereocenters. The van der Waals surface area contributed by atoms with Crippen molar-refractivity contribution >= 4 is 11.8 Å². The number of hydrogen-bond donors (Lipinski definition) is 3. The lowest BCUT2D eigenvalue weighted by molar-refractivity contribution is -0.144. The maximum Gasteiger partial charge on any atom is 0.248 e. The zero-order valence-electron chi connectivity index (χ0n) is 22.7. The summed E-state index contributed by atoms with van der Waals surface area (Å²) < 4.78 is 1.63. The third-order valence-electron chi connectivity index (χ3n) is 7.58. The second-order valence-electron chi connectivity index (χ2n) is 11.9. The molecule has 0 spiro atoms. The minimum absolute atomic E-state index is 0.0796. The lowest BCUT2D eigenvalue weighted by Gasteiger charge is -2.35. The number of phenols is 1. The van der Waals surface area contributed by atoms with Gasteiger partial charge in [-0.15, -0.1) is 5.10 Å². The molecule has 1 aromatic heterocycles. The molecule has 5 rings (SSSR count). The third kappa shape index (κ3) is 6.14. The molecule has 2 fully saturated rings. The molecule has 1 saturated heterocycles. The number of benzene rings is 2. The summed E-state index contributed by atoms with van der Waals surface area (Å²) in [6.45, 7) is 5.99. The number of rotatable bonds is 8. The molecule has 2 aromatic carbocycles. The molecule has 1 saturated carbocycles. The van der Waals surface area contributed by atoms with Gasteiger partial charge in [-0.3, -0.25) is 9.59 Å². The molecular weight excluding hydrogens is 494 g/mol. The van der Waals surface area contributed by atoms with Crippen molar-refractivity contribution in [3.05, 3.63) is 77.6 Å². The van der Waals surface area contributed by atoms with Crippen LogP contribution in [0.1, 0.15) is 74.9 Å². The van der Waals surface area contributed by atoms with Crippen molar-refractivity contribution < 1.29 is 19.8 Å². The standard InChI is InChI=1S/C30H37N5O4/c1-30(2,3)27(35-18-25(32-33-35)21-12-13-21)29(39)34-17-23(37)16-26(34)28(38)31-24(20-9-5-4-6-10-20)15-19-8-7-11-22(36)14-19/h4-11,14,18,21,23-24,26-27,36-37H,12-13,15-17H2,1-3H3,(H,31,38)/t23?,24?,26?,27-/m1/s1. The van der Waals surface area contributed by atoms with Crippen LogP contribution in [0.4, 0.5) is 0 Å². The van der Waals surface area contributed by atoms with Gasteiger partial charge in [-0.1, -0.05) is 68.4 Å². The predicted octanol–water partition coefficient (Wildman–Crippen LogP) is 3.51. The summed E-state index contributed by atoms with van der Waals surface area (Å²) in [4.78, 5) is 29.3. The van der Waals surface area contributed by atoms with Gasteiger partial charge in [-0.05, 0) is 47.9 Å². The van der Waals surface area contributed by atoms with Gasteiger partial charge in [0.05, 0.1) is 17.8 Å². The highest BCUT2D eigenvalue weighted by molar-refractivity contribution is 5.90. The van der Waals surface area contributed by atoms with Crippen molar-refractivity contribution in [3.8, 4) is 5.75 Å². The van der Waals surface area contributed by atoms with E-state index in [-0.39, 0.29) is 36.6 Å². The molecule has 2 aliphatic rings. The number of amides is 2. The first-order valence-corrected chi connectivity index (χ1v) is 13.6. The molecule has 3 aromatic rings. The molecule has 0 radical (unpaired) electrons. The zero-order chi connectivity index (χ0) is 27.7. The van der Waals surface area contributed by atoms with E-state index in [1.54, 1.807) is 22.9 Å². The van der Waals surface area contributed by atoms with E-state index in [0.717, 1.165) is 29.7 Å². The monoisotopic (exact) mass is 531 g/mol. The van der Waals surface area contributed by atoms with Crippen LogP contribution < -0.4 is 5.32 Å². The minimum atomic E-state index is -0.820. The molecule has 2 amide bonds. The van der Waals surface area contributed by atoms with Crippen molar-refractivity contribution in [2.24, 2.45) is 5.41 Å². The van der Waals surface area contributed by atoms with Crippen molar-refractivity contribution in [1.29, 1.82) is 0 Å². The Morgan fingerprint density at radius 2 is 1.85 bits per heavy atom. The summed E-state index contributed by atoms with van der Waals surface area (Å²) in [7, 11) is 0. The molecule has 1 aliphatic heterocycles. The quantitative estimate of drug-likeness (QED) is 0.409. The number of β-amino-alcohol motifs (C(OH)–C–C–N with tert-alkyl or cyclic N) is 1. The zero-order valence-corrected chi connectivity index (χ0v) is 22.7. The largest absolute Gasteiger partial charge is 0.508 e. The highest BCUT2D eigenvalue weighted by Gasteiger charge is 2.45. The number of carbonyl (C=O) groups is 2. The first kappa shape index (κ1) is 26.9. The Morgan fingerprint density at radius 3 is 2.51 bits per heavy atom. The number of hydrogen-bond acceptors (Lipinski definition) is 6. The number of nitrogens with one attached hydrogen (secondary N) is 1. The van der Waals surface area contributed by atoms with E-state index >= 15 is 0 Å². The first-order chi connectivity index (χ1) is 18.6.